The molecule has 1 N–H and O–H groups in total. The third-order valence-electron chi connectivity index (χ3n) is 2.82. The van der Waals surface area contributed by atoms with Gasteiger partial charge in [-0.05, 0) is 25.8 Å². The Bertz CT molecular complexity index is 182. The van der Waals surface area contributed by atoms with E-state index in [0.717, 1.165) is 25.8 Å². The number of nitrogens with one attached hydrogen (secondary N) is 1. The monoisotopic (exact) mass is 136 g/mol. The number of hydrogen-bond donors (Lipinski definition) is 1. The summed E-state index contributed by atoms with van der Waals surface area (Å²) in [6, 6.07) is 2.39. The Labute approximate surface area is 61.2 Å². The van der Waals surface area contributed by atoms with Gasteiger partial charge in [-0.15, -0.1) is 0 Å². The Balaban J connectivity index is 1.93. The average molecular weight is 136 g/mol. The minimum atomic E-state index is 0.113. The maximum atomic E-state index is 8.69. The molecule has 0 aromatic carbocycles. The van der Waals surface area contributed by atoms with Crippen LogP contribution >= 0.6 is 0 Å². The van der Waals surface area contributed by atoms with Gasteiger partial charge in [0.15, 0.2) is 0 Å². The molecule has 0 unspecified atom stereocenters. The van der Waals surface area contributed by atoms with Crippen molar-refractivity contribution in [2.45, 2.75) is 31.7 Å². The van der Waals surface area contributed by atoms with Crippen molar-refractivity contribution in [3.8, 4) is 6.07 Å². The molecule has 2 nitrogen and oxygen atoms in total. The third kappa shape index (κ3) is 0.518. The van der Waals surface area contributed by atoms with E-state index < -0.39 is 0 Å². The SMILES string of the molecule is CCNC12CC(C#N)(C1)C2. The van der Waals surface area contributed by atoms with Gasteiger partial charge in [0.2, 0.25) is 0 Å². The molecule has 0 amide bonds. The quantitative estimate of drug-likeness (QED) is 0.615. The Morgan fingerprint density at radius 3 is 2.50 bits per heavy atom. The highest BCUT2D eigenvalue weighted by atomic mass is 15.1. The summed E-state index contributed by atoms with van der Waals surface area (Å²) in [4.78, 5) is 0. The van der Waals surface area contributed by atoms with Gasteiger partial charge >= 0.3 is 0 Å². The fourth-order valence-corrected chi connectivity index (χ4v) is 2.47. The summed E-state index contributed by atoms with van der Waals surface area (Å²) in [6.45, 7) is 3.17. The Morgan fingerprint density at radius 2 is 2.10 bits per heavy atom. The van der Waals surface area contributed by atoms with Crippen molar-refractivity contribution in [3.63, 3.8) is 0 Å². The molecule has 0 heterocycles. The van der Waals surface area contributed by atoms with Crippen molar-refractivity contribution in [1.29, 1.82) is 5.26 Å². The lowest BCUT2D eigenvalue weighted by Crippen LogP contribution is -2.73. The van der Waals surface area contributed by atoms with Crippen LogP contribution in [0.5, 0.6) is 0 Å². The fourth-order valence-electron chi connectivity index (χ4n) is 2.47. The molecule has 3 rings (SSSR count). The number of rotatable bonds is 2. The largest absolute Gasteiger partial charge is 0.311 e. The van der Waals surface area contributed by atoms with Crippen molar-refractivity contribution >= 4 is 0 Å². The Morgan fingerprint density at radius 1 is 1.50 bits per heavy atom. The molecule has 10 heavy (non-hydrogen) atoms. The van der Waals surface area contributed by atoms with E-state index in [1.807, 2.05) is 0 Å². The van der Waals surface area contributed by atoms with Crippen LogP contribution in [0.3, 0.4) is 0 Å². The van der Waals surface area contributed by atoms with Gasteiger partial charge in [0, 0.05) is 5.54 Å². The molecule has 3 fully saturated rings. The first-order valence-electron chi connectivity index (χ1n) is 3.91. The molecule has 3 saturated carbocycles. The van der Waals surface area contributed by atoms with E-state index in [1.165, 1.54) is 0 Å². The van der Waals surface area contributed by atoms with Gasteiger partial charge in [-0.2, -0.15) is 5.26 Å². The molecule has 0 atom stereocenters. The molecule has 3 aliphatic carbocycles. The highest BCUT2D eigenvalue weighted by Gasteiger charge is 2.68. The van der Waals surface area contributed by atoms with Crippen LogP contribution in [0.25, 0.3) is 0 Å². The van der Waals surface area contributed by atoms with Gasteiger partial charge in [-0.25, -0.2) is 0 Å². The van der Waals surface area contributed by atoms with Crippen LogP contribution in [-0.2, 0) is 0 Å². The second-order valence-electron chi connectivity index (χ2n) is 3.73. The van der Waals surface area contributed by atoms with Crippen LogP contribution in [0.1, 0.15) is 26.2 Å². The fraction of sp³-hybridized carbons (Fsp3) is 0.875. The van der Waals surface area contributed by atoms with Crippen LogP contribution in [-0.4, -0.2) is 12.1 Å². The molecular weight excluding hydrogens is 124 g/mol. The lowest BCUT2D eigenvalue weighted by molar-refractivity contribution is -0.109. The van der Waals surface area contributed by atoms with Gasteiger partial charge in [-0.1, -0.05) is 6.92 Å². The van der Waals surface area contributed by atoms with E-state index in [4.69, 9.17) is 5.26 Å². The standard InChI is InChI=1S/C8H12N2/c1-2-10-8-3-7(4-8,5-8)6-9/h10H,2-5H2,1H3. The number of hydrogen-bond acceptors (Lipinski definition) is 2. The van der Waals surface area contributed by atoms with Crippen LogP contribution < -0.4 is 5.32 Å². The van der Waals surface area contributed by atoms with E-state index in [1.54, 1.807) is 0 Å². The highest BCUT2D eigenvalue weighted by Crippen LogP contribution is 2.66. The lowest BCUT2D eigenvalue weighted by atomic mass is 9.40. The maximum Gasteiger partial charge on any atom is 0.0691 e. The van der Waals surface area contributed by atoms with E-state index in [0.29, 0.717) is 5.54 Å². The first kappa shape index (κ1) is 6.18. The third-order valence-corrected chi connectivity index (χ3v) is 2.82. The van der Waals surface area contributed by atoms with Gasteiger partial charge in [-0.3, -0.25) is 0 Å². The summed E-state index contributed by atoms with van der Waals surface area (Å²) in [5, 5.41) is 12.1. The normalized spacial score (nSPS) is 48.8. The zero-order valence-corrected chi connectivity index (χ0v) is 6.28. The molecule has 0 aromatic rings. The van der Waals surface area contributed by atoms with E-state index in [-0.39, 0.29) is 5.41 Å². The van der Waals surface area contributed by atoms with Crippen LogP contribution in [0.15, 0.2) is 0 Å². The first-order valence-corrected chi connectivity index (χ1v) is 3.91. The van der Waals surface area contributed by atoms with Gasteiger partial charge in [0.25, 0.3) is 0 Å². The van der Waals surface area contributed by atoms with E-state index in [2.05, 4.69) is 18.3 Å². The smallest absolute Gasteiger partial charge is 0.0691 e. The summed E-state index contributed by atoms with van der Waals surface area (Å²) in [5.41, 5.74) is 0.520. The van der Waals surface area contributed by atoms with Gasteiger partial charge < -0.3 is 5.32 Å². The van der Waals surface area contributed by atoms with Crippen molar-refractivity contribution in [3.05, 3.63) is 0 Å². The zero-order chi connectivity index (χ0) is 7.24. The molecular formula is C8H12N2. The predicted molar refractivity (Wildman–Crippen MR) is 38.3 cm³/mol. The molecule has 0 radical (unpaired) electrons. The lowest BCUT2D eigenvalue weighted by Gasteiger charge is -2.67. The summed E-state index contributed by atoms with van der Waals surface area (Å²) >= 11 is 0. The summed E-state index contributed by atoms with van der Waals surface area (Å²) < 4.78 is 0. The highest BCUT2D eigenvalue weighted by molar-refractivity contribution is 5.30. The van der Waals surface area contributed by atoms with Crippen LogP contribution in [0.4, 0.5) is 0 Å². The molecule has 3 aliphatic rings. The van der Waals surface area contributed by atoms with Crippen molar-refractivity contribution in [1.82, 2.24) is 5.32 Å². The zero-order valence-electron chi connectivity index (χ0n) is 6.28. The number of nitrogens with zero attached hydrogens (tertiary/aromatic N) is 1. The molecule has 0 saturated heterocycles. The van der Waals surface area contributed by atoms with E-state index >= 15 is 0 Å². The minimum absolute atomic E-state index is 0.113. The molecule has 2 bridgehead atoms. The molecule has 0 aliphatic heterocycles. The van der Waals surface area contributed by atoms with Crippen LogP contribution in [0.2, 0.25) is 0 Å². The minimum Gasteiger partial charge on any atom is -0.311 e. The first-order chi connectivity index (χ1) is 4.74. The van der Waals surface area contributed by atoms with E-state index in [9.17, 15) is 0 Å². The Kier molecular flexibility index (Phi) is 0.952. The molecule has 54 valence electrons. The predicted octanol–water partition coefficient (Wildman–Crippen LogP) is 1.04. The van der Waals surface area contributed by atoms with Crippen molar-refractivity contribution in [2.24, 2.45) is 5.41 Å². The van der Waals surface area contributed by atoms with Crippen molar-refractivity contribution < 1.29 is 0 Å². The number of nitriles is 1. The summed E-state index contributed by atoms with van der Waals surface area (Å²) in [7, 11) is 0. The topological polar surface area (TPSA) is 35.8 Å². The van der Waals surface area contributed by atoms with Crippen LogP contribution in [0, 0.1) is 16.7 Å². The van der Waals surface area contributed by atoms with Gasteiger partial charge in [0.1, 0.15) is 0 Å². The second kappa shape index (κ2) is 1.54. The molecule has 0 spiro atoms. The van der Waals surface area contributed by atoms with Gasteiger partial charge in [0.05, 0.1) is 11.5 Å². The maximum absolute atomic E-state index is 8.69. The summed E-state index contributed by atoms with van der Waals surface area (Å²) in [5.74, 6) is 0. The Hall–Kier alpha value is -0.550. The average Bonchev–Trinajstić information content (AvgIpc) is 1.74. The van der Waals surface area contributed by atoms with Crippen molar-refractivity contribution in [2.75, 3.05) is 6.54 Å². The molecule has 0 aromatic heterocycles. The summed E-state index contributed by atoms with van der Waals surface area (Å²) in [6.07, 6.45) is 3.30. The molecule has 2 heteroatoms. The second-order valence-corrected chi connectivity index (χ2v) is 3.73.